The highest BCUT2D eigenvalue weighted by atomic mass is 35.5. The van der Waals surface area contributed by atoms with Crippen LogP contribution in [0.15, 0.2) is 41.1 Å². The molecule has 3 rings (SSSR count). The fourth-order valence-corrected chi connectivity index (χ4v) is 1.95. The van der Waals surface area contributed by atoms with Crippen LogP contribution in [0.4, 0.5) is 5.69 Å². The topological polar surface area (TPSA) is 82.1 Å². The van der Waals surface area contributed by atoms with Crippen molar-refractivity contribution in [1.82, 2.24) is 9.97 Å². The Morgan fingerprint density at radius 1 is 1.26 bits per heavy atom. The molecule has 0 aliphatic heterocycles. The van der Waals surface area contributed by atoms with Crippen LogP contribution in [-0.2, 0) is 0 Å². The van der Waals surface area contributed by atoms with E-state index in [9.17, 15) is 10.1 Å². The van der Waals surface area contributed by atoms with E-state index in [4.69, 9.17) is 16.0 Å². The van der Waals surface area contributed by atoms with Gasteiger partial charge in [-0.1, -0.05) is 11.6 Å². The molecule has 0 N–H and O–H groups in total. The first kappa shape index (κ1) is 11.6. The third-order valence-electron chi connectivity index (χ3n) is 2.57. The summed E-state index contributed by atoms with van der Waals surface area (Å²) in [5.74, 6) is 0.347. The van der Waals surface area contributed by atoms with Crippen LogP contribution < -0.4 is 0 Å². The predicted octanol–water partition coefficient (Wildman–Crippen LogP) is 3.45. The number of oxazole rings is 1. The van der Waals surface area contributed by atoms with E-state index in [-0.39, 0.29) is 10.7 Å². The van der Waals surface area contributed by atoms with Crippen LogP contribution in [0.3, 0.4) is 0 Å². The van der Waals surface area contributed by atoms with Crippen molar-refractivity contribution in [2.75, 3.05) is 0 Å². The zero-order valence-electron chi connectivity index (χ0n) is 9.41. The molecule has 0 aliphatic carbocycles. The van der Waals surface area contributed by atoms with Gasteiger partial charge in [-0.15, -0.1) is 0 Å². The summed E-state index contributed by atoms with van der Waals surface area (Å²) in [5, 5.41) is 10.9. The van der Waals surface area contributed by atoms with Crippen LogP contribution in [0.5, 0.6) is 0 Å². The van der Waals surface area contributed by atoms with Gasteiger partial charge in [0.15, 0.2) is 5.58 Å². The van der Waals surface area contributed by atoms with Crippen molar-refractivity contribution < 1.29 is 9.34 Å². The molecule has 0 radical (unpaired) electrons. The zero-order valence-corrected chi connectivity index (χ0v) is 10.2. The normalized spacial score (nSPS) is 10.8. The van der Waals surface area contributed by atoms with E-state index in [1.807, 2.05) is 0 Å². The van der Waals surface area contributed by atoms with Crippen LogP contribution in [0, 0.1) is 10.1 Å². The lowest BCUT2D eigenvalue weighted by molar-refractivity contribution is -0.384. The van der Waals surface area contributed by atoms with E-state index in [1.165, 1.54) is 12.1 Å². The smallest absolute Gasteiger partial charge is 0.273 e. The number of nitro benzene ring substituents is 1. The fraction of sp³-hybridized carbons (Fsp3) is 0. The molecule has 0 saturated carbocycles. The molecule has 0 fully saturated rings. The van der Waals surface area contributed by atoms with Crippen molar-refractivity contribution in [2.24, 2.45) is 0 Å². The monoisotopic (exact) mass is 275 g/mol. The molecule has 19 heavy (non-hydrogen) atoms. The van der Waals surface area contributed by atoms with E-state index in [2.05, 4.69) is 9.97 Å². The first-order valence-electron chi connectivity index (χ1n) is 5.30. The van der Waals surface area contributed by atoms with Crippen LogP contribution in [0.25, 0.3) is 22.6 Å². The summed E-state index contributed by atoms with van der Waals surface area (Å²) in [6.07, 6.45) is 3.21. The largest absolute Gasteiger partial charge is 0.435 e. The summed E-state index contributed by atoms with van der Waals surface area (Å²) < 4.78 is 5.53. The minimum atomic E-state index is -0.522. The van der Waals surface area contributed by atoms with Crippen LogP contribution in [0.2, 0.25) is 5.02 Å². The van der Waals surface area contributed by atoms with Gasteiger partial charge >= 0.3 is 0 Å². The number of hydrogen-bond donors (Lipinski definition) is 0. The zero-order chi connectivity index (χ0) is 13.4. The Hall–Kier alpha value is -2.47. The highest BCUT2D eigenvalue weighted by Gasteiger charge is 2.16. The van der Waals surface area contributed by atoms with Crippen molar-refractivity contribution in [2.45, 2.75) is 0 Å². The first-order valence-corrected chi connectivity index (χ1v) is 5.68. The molecule has 0 unspecified atom stereocenters. The molecule has 0 saturated heterocycles. The molecule has 3 aromatic rings. The maximum absolute atomic E-state index is 10.8. The number of nitro groups is 1. The van der Waals surface area contributed by atoms with Crippen molar-refractivity contribution >= 4 is 28.4 Å². The van der Waals surface area contributed by atoms with Gasteiger partial charge in [-0.05, 0) is 12.1 Å². The number of hydrogen-bond acceptors (Lipinski definition) is 5. The van der Waals surface area contributed by atoms with E-state index in [0.717, 1.165) is 5.56 Å². The molecule has 0 spiro atoms. The highest BCUT2D eigenvalue weighted by molar-refractivity contribution is 6.35. The summed E-state index contributed by atoms with van der Waals surface area (Å²) >= 11 is 5.96. The summed E-state index contributed by atoms with van der Waals surface area (Å²) in [5.41, 5.74) is 1.29. The van der Waals surface area contributed by atoms with Crippen LogP contribution in [0.1, 0.15) is 0 Å². The van der Waals surface area contributed by atoms with Crippen molar-refractivity contribution in [3.63, 3.8) is 0 Å². The van der Waals surface area contributed by atoms with E-state index < -0.39 is 4.92 Å². The Morgan fingerprint density at radius 3 is 2.68 bits per heavy atom. The second-order valence-electron chi connectivity index (χ2n) is 3.79. The van der Waals surface area contributed by atoms with Crippen molar-refractivity contribution in [3.8, 4) is 11.5 Å². The molecular weight excluding hydrogens is 270 g/mol. The standard InChI is InChI=1S/C12H6ClN3O3/c13-9-5-8(16(17)18)6-10-11(9)19-12(15-10)7-1-3-14-4-2-7/h1-6H. The Labute approximate surface area is 111 Å². The van der Waals surface area contributed by atoms with Gasteiger partial charge in [0, 0.05) is 30.1 Å². The number of halogens is 1. The molecular formula is C12H6ClN3O3. The summed E-state index contributed by atoms with van der Waals surface area (Å²) in [7, 11) is 0. The molecule has 2 aromatic heterocycles. The molecule has 1 aromatic carbocycles. The molecule has 2 heterocycles. The quantitative estimate of drug-likeness (QED) is 0.528. The van der Waals surface area contributed by atoms with Gasteiger partial charge in [0.05, 0.1) is 9.95 Å². The van der Waals surface area contributed by atoms with Gasteiger partial charge in [0.25, 0.3) is 5.69 Å². The number of non-ortho nitro benzene ring substituents is 1. The molecule has 0 atom stereocenters. The van der Waals surface area contributed by atoms with E-state index in [1.54, 1.807) is 24.5 Å². The molecule has 6 nitrogen and oxygen atoms in total. The molecule has 0 amide bonds. The van der Waals surface area contributed by atoms with Crippen molar-refractivity contribution in [3.05, 3.63) is 51.8 Å². The van der Waals surface area contributed by atoms with E-state index >= 15 is 0 Å². The second kappa shape index (κ2) is 4.33. The van der Waals surface area contributed by atoms with Gasteiger partial charge in [-0.2, -0.15) is 0 Å². The molecule has 94 valence electrons. The molecule has 0 bridgehead atoms. The Bertz CT molecular complexity index is 770. The Kier molecular flexibility index (Phi) is 2.64. The number of pyridine rings is 1. The number of nitrogens with zero attached hydrogens (tertiary/aromatic N) is 3. The SMILES string of the molecule is O=[N+]([O-])c1cc(Cl)c2oc(-c3ccncc3)nc2c1. The summed E-state index contributed by atoms with van der Waals surface area (Å²) in [4.78, 5) is 18.3. The highest BCUT2D eigenvalue weighted by Crippen LogP contribution is 2.32. The third-order valence-corrected chi connectivity index (χ3v) is 2.85. The van der Waals surface area contributed by atoms with Gasteiger partial charge < -0.3 is 4.42 Å². The lowest BCUT2D eigenvalue weighted by atomic mass is 10.3. The maximum Gasteiger partial charge on any atom is 0.273 e. The van der Waals surface area contributed by atoms with Crippen LogP contribution >= 0.6 is 11.6 Å². The minimum absolute atomic E-state index is 0.118. The lowest BCUT2D eigenvalue weighted by Crippen LogP contribution is -1.87. The number of fused-ring (bicyclic) bond motifs is 1. The maximum atomic E-state index is 10.8. The van der Waals surface area contributed by atoms with E-state index in [0.29, 0.717) is 17.0 Å². The number of rotatable bonds is 2. The molecule has 0 aliphatic rings. The minimum Gasteiger partial charge on any atom is -0.435 e. The van der Waals surface area contributed by atoms with Gasteiger partial charge in [-0.3, -0.25) is 15.1 Å². The lowest BCUT2D eigenvalue weighted by Gasteiger charge is -1.93. The number of aromatic nitrogens is 2. The predicted molar refractivity (Wildman–Crippen MR) is 68.9 cm³/mol. The number of benzene rings is 1. The first-order chi connectivity index (χ1) is 9.15. The van der Waals surface area contributed by atoms with Gasteiger partial charge in [-0.25, -0.2) is 4.98 Å². The van der Waals surface area contributed by atoms with Gasteiger partial charge in [0.1, 0.15) is 5.52 Å². The third kappa shape index (κ3) is 2.02. The molecule has 7 heteroatoms. The average Bonchev–Trinajstić information content (AvgIpc) is 2.84. The van der Waals surface area contributed by atoms with Crippen LogP contribution in [-0.4, -0.2) is 14.9 Å². The Morgan fingerprint density at radius 2 is 2.00 bits per heavy atom. The fourth-order valence-electron chi connectivity index (χ4n) is 1.70. The van der Waals surface area contributed by atoms with Gasteiger partial charge in [0.2, 0.25) is 5.89 Å². The summed E-state index contributed by atoms with van der Waals surface area (Å²) in [6, 6.07) is 6.03. The Balaban J connectivity index is 2.21. The second-order valence-corrected chi connectivity index (χ2v) is 4.20. The average molecular weight is 276 g/mol. The summed E-state index contributed by atoms with van der Waals surface area (Å²) in [6.45, 7) is 0. The van der Waals surface area contributed by atoms with Crippen molar-refractivity contribution in [1.29, 1.82) is 0 Å².